The van der Waals surface area contributed by atoms with Crippen molar-refractivity contribution in [2.75, 3.05) is 0 Å². The van der Waals surface area contributed by atoms with E-state index in [1.165, 1.54) is 5.57 Å². The van der Waals surface area contributed by atoms with E-state index >= 15 is 0 Å². The zero-order chi connectivity index (χ0) is 28.7. The minimum atomic E-state index is -0.565. The van der Waals surface area contributed by atoms with E-state index in [1.807, 2.05) is 48.5 Å². The van der Waals surface area contributed by atoms with Crippen LogP contribution in [0.4, 0.5) is 0 Å². The molecule has 0 fully saturated rings. The summed E-state index contributed by atoms with van der Waals surface area (Å²) in [6.07, 6.45) is 7.43. The van der Waals surface area contributed by atoms with Crippen molar-refractivity contribution in [2.45, 2.75) is 50.4 Å². The van der Waals surface area contributed by atoms with Crippen LogP contribution in [-0.2, 0) is 16.2 Å². The van der Waals surface area contributed by atoms with E-state index in [9.17, 15) is 20.4 Å². The average Bonchev–Trinajstić information content (AvgIpc) is 2.94. The molecule has 1 atom stereocenters. The average molecular weight is 533 g/mol. The molecule has 0 amide bonds. The van der Waals surface area contributed by atoms with Crippen LogP contribution in [0.3, 0.4) is 0 Å². The number of allylic oxidation sites excluding steroid dienone is 4. The summed E-state index contributed by atoms with van der Waals surface area (Å²) in [5.74, 6) is 0.844. The first-order valence-electron chi connectivity index (χ1n) is 13.6. The van der Waals surface area contributed by atoms with Gasteiger partial charge in [0, 0.05) is 16.2 Å². The van der Waals surface area contributed by atoms with Crippen molar-refractivity contribution in [1.82, 2.24) is 0 Å². The highest BCUT2D eigenvalue weighted by molar-refractivity contribution is 5.73. The van der Waals surface area contributed by atoms with Crippen LogP contribution in [0.2, 0.25) is 0 Å². The molecule has 0 bridgehead atoms. The molecular formula is C36H36O4. The molecule has 0 radical (unpaired) electrons. The Balaban J connectivity index is 1.70. The number of aromatic hydroxyl groups is 4. The molecule has 0 saturated heterocycles. The van der Waals surface area contributed by atoms with Crippen LogP contribution in [0.25, 0.3) is 11.1 Å². The van der Waals surface area contributed by atoms with Crippen molar-refractivity contribution in [3.05, 3.63) is 131 Å². The van der Waals surface area contributed by atoms with Gasteiger partial charge in [-0.15, -0.1) is 0 Å². The fourth-order valence-electron chi connectivity index (χ4n) is 6.08. The van der Waals surface area contributed by atoms with Crippen LogP contribution in [0.5, 0.6) is 23.0 Å². The van der Waals surface area contributed by atoms with Gasteiger partial charge in [0.15, 0.2) is 0 Å². The predicted molar refractivity (Wildman–Crippen MR) is 161 cm³/mol. The third-order valence-corrected chi connectivity index (χ3v) is 8.87. The maximum atomic E-state index is 10.8. The van der Waals surface area contributed by atoms with Crippen LogP contribution in [-0.4, -0.2) is 20.4 Å². The Bertz CT molecular complexity index is 1570. The van der Waals surface area contributed by atoms with Gasteiger partial charge in [0.05, 0.1) is 0 Å². The maximum absolute atomic E-state index is 10.8. The lowest BCUT2D eigenvalue weighted by Gasteiger charge is -2.48. The van der Waals surface area contributed by atoms with Crippen LogP contribution >= 0.6 is 0 Å². The van der Waals surface area contributed by atoms with Crippen LogP contribution in [0, 0.1) is 0 Å². The second-order valence-electron chi connectivity index (χ2n) is 11.8. The lowest BCUT2D eigenvalue weighted by Crippen LogP contribution is -2.45. The van der Waals surface area contributed by atoms with E-state index in [1.54, 1.807) is 42.5 Å². The fourth-order valence-corrected chi connectivity index (χ4v) is 6.08. The Labute approximate surface area is 236 Å². The summed E-state index contributed by atoms with van der Waals surface area (Å²) >= 11 is 0. The summed E-state index contributed by atoms with van der Waals surface area (Å²) in [5.41, 5.74) is 4.92. The van der Waals surface area contributed by atoms with Crippen LogP contribution in [0.15, 0.2) is 115 Å². The number of phenols is 4. The van der Waals surface area contributed by atoms with E-state index in [0.717, 1.165) is 27.8 Å². The van der Waals surface area contributed by atoms with E-state index in [4.69, 9.17) is 0 Å². The van der Waals surface area contributed by atoms with E-state index in [0.29, 0.717) is 6.42 Å². The van der Waals surface area contributed by atoms with Crippen LogP contribution < -0.4 is 0 Å². The van der Waals surface area contributed by atoms with Gasteiger partial charge >= 0.3 is 0 Å². The molecule has 0 spiro atoms. The van der Waals surface area contributed by atoms with Crippen molar-refractivity contribution in [1.29, 1.82) is 0 Å². The van der Waals surface area contributed by atoms with Gasteiger partial charge in [0.1, 0.15) is 23.0 Å². The minimum Gasteiger partial charge on any atom is -0.508 e. The van der Waals surface area contributed by atoms with E-state index in [2.05, 4.69) is 45.9 Å². The number of benzene rings is 4. The normalized spacial score (nSPS) is 17.4. The highest BCUT2D eigenvalue weighted by Gasteiger charge is 2.48. The van der Waals surface area contributed by atoms with Gasteiger partial charge in [-0.3, -0.25) is 0 Å². The second kappa shape index (κ2) is 9.95. The molecule has 4 N–H and O–H groups in total. The molecule has 0 aromatic heterocycles. The molecular weight excluding hydrogens is 496 g/mol. The molecule has 0 saturated carbocycles. The molecule has 5 rings (SSSR count). The van der Waals surface area contributed by atoms with Crippen molar-refractivity contribution in [3.8, 4) is 34.1 Å². The smallest absolute Gasteiger partial charge is 0.115 e. The molecule has 1 aliphatic rings. The molecule has 1 aliphatic carbocycles. The van der Waals surface area contributed by atoms with Gasteiger partial charge in [-0.2, -0.15) is 0 Å². The van der Waals surface area contributed by atoms with Crippen LogP contribution in [0.1, 0.15) is 50.8 Å². The van der Waals surface area contributed by atoms with Gasteiger partial charge in [0.2, 0.25) is 0 Å². The number of hydrogen-bond donors (Lipinski definition) is 4. The van der Waals surface area contributed by atoms with E-state index in [-0.39, 0.29) is 28.4 Å². The van der Waals surface area contributed by atoms with Gasteiger partial charge in [-0.25, -0.2) is 0 Å². The lowest BCUT2D eigenvalue weighted by atomic mass is 9.54. The van der Waals surface area contributed by atoms with E-state index < -0.39 is 10.8 Å². The predicted octanol–water partition coefficient (Wildman–Crippen LogP) is 8.26. The molecule has 4 heteroatoms. The molecule has 0 heterocycles. The summed E-state index contributed by atoms with van der Waals surface area (Å²) in [7, 11) is 0. The number of rotatable bonds is 6. The standard InChI is InChI=1S/C36H36O4/c1-34(2,25-7-13-29(38)14-8-25)26-19-21-36(22-20-26,35(3,4)27-9-15-30(39)16-10-27)33-23-31(40)17-18-32(33)24-5-11-28(37)12-6-24/h5-21,23,37-40H,22H2,1-4H3. The summed E-state index contributed by atoms with van der Waals surface area (Å²) < 4.78 is 0. The molecule has 4 nitrogen and oxygen atoms in total. The van der Waals surface area contributed by atoms with Gasteiger partial charge in [-0.1, -0.05) is 88.4 Å². The maximum Gasteiger partial charge on any atom is 0.115 e. The molecule has 0 aliphatic heterocycles. The Hall–Kier alpha value is -4.44. The second-order valence-corrected chi connectivity index (χ2v) is 11.8. The van der Waals surface area contributed by atoms with Crippen molar-refractivity contribution < 1.29 is 20.4 Å². The summed E-state index contributed by atoms with van der Waals surface area (Å²) in [6.45, 7) is 8.78. The fraction of sp³-hybridized carbons (Fsp3) is 0.222. The third kappa shape index (κ3) is 4.64. The van der Waals surface area contributed by atoms with Crippen molar-refractivity contribution in [3.63, 3.8) is 0 Å². The van der Waals surface area contributed by atoms with Gasteiger partial charge in [0.25, 0.3) is 0 Å². The largest absolute Gasteiger partial charge is 0.508 e. The number of hydrogen-bond acceptors (Lipinski definition) is 4. The van der Waals surface area contributed by atoms with Crippen molar-refractivity contribution >= 4 is 0 Å². The van der Waals surface area contributed by atoms with Gasteiger partial charge in [-0.05, 0) is 88.3 Å². The quantitative estimate of drug-likeness (QED) is 0.202. The summed E-state index contributed by atoms with van der Waals surface area (Å²) in [4.78, 5) is 0. The molecule has 1 unspecified atom stereocenters. The Morgan fingerprint density at radius 3 is 1.62 bits per heavy atom. The molecule has 4 aromatic rings. The highest BCUT2D eigenvalue weighted by atomic mass is 16.3. The molecule has 4 aromatic carbocycles. The first-order valence-corrected chi connectivity index (χ1v) is 13.6. The first-order chi connectivity index (χ1) is 18.9. The monoisotopic (exact) mass is 532 g/mol. The Morgan fingerprint density at radius 1 is 0.600 bits per heavy atom. The Morgan fingerprint density at radius 2 is 1.10 bits per heavy atom. The zero-order valence-electron chi connectivity index (χ0n) is 23.4. The first kappa shape index (κ1) is 27.1. The van der Waals surface area contributed by atoms with Gasteiger partial charge < -0.3 is 20.4 Å². The minimum absolute atomic E-state index is 0.186. The summed E-state index contributed by atoms with van der Waals surface area (Å²) in [6, 6.07) is 27.4. The molecule has 40 heavy (non-hydrogen) atoms. The van der Waals surface area contributed by atoms with Crippen molar-refractivity contribution in [2.24, 2.45) is 0 Å². The third-order valence-electron chi connectivity index (χ3n) is 8.87. The zero-order valence-corrected chi connectivity index (χ0v) is 23.4. The Kier molecular flexibility index (Phi) is 6.75. The SMILES string of the molecule is CC(C)(C1=CCC(c2cc(O)ccc2-c2ccc(O)cc2)(C(C)(C)c2ccc(O)cc2)C=C1)c1ccc(O)cc1. The topological polar surface area (TPSA) is 80.9 Å². The lowest BCUT2D eigenvalue weighted by molar-refractivity contribution is 0.312. The highest BCUT2D eigenvalue weighted by Crippen LogP contribution is 2.54. The summed E-state index contributed by atoms with van der Waals surface area (Å²) in [5, 5.41) is 40.5. The molecule has 204 valence electrons. The number of phenolic OH excluding ortho intramolecular Hbond substituents is 4.